The van der Waals surface area contributed by atoms with Crippen molar-refractivity contribution in [2.45, 2.75) is 39.5 Å². The van der Waals surface area contributed by atoms with E-state index in [-0.39, 0.29) is 0 Å². The first kappa shape index (κ1) is 12.9. The van der Waals surface area contributed by atoms with Crippen molar-refractivity contribution >= 4 is 10.8 Å². The van der Waals surface area contributed by atoms with Gasteiger partial charge in [0.05, 0.1) is 6.61 Å². The largest absolute Gasteiger partial charge is 0.494 e. The lowest BCUT2D eigenvalue weighted by Gasteiger charge is -2.09. The third-order valence-electron chi connectivity index (χ3n) is 3.23. The highest BCUT2D eigenvalue weighted by Gasteiger charge is 2.02. The lowest BCUT2D eigenvalue weighted by molar-refractivity contribution is 0.310. The second kappa shape index (κ2) is 6.44. The summed E-state index contributed by atoms with van der Waals surface area (Å²) in [5.41, 5.74) is 1.43. The molecule has 0 heterocycles. The van der Waals surface area contributed by atoms with Crippen molar-refractivity contribution in [3.63, 3.8) is 0 Å². The average Bonchev–Trinajstić information content (AvgIpc) is 2.40. The van der Waals surface area contributed by atoms with Crippen LogP contribution in [0.4, 0.5) is 0 Å². The van der Waals surface area contributed by atoms with Crippen molar-refractivity contribution in [1.29, 1.82) is 0 Å². The van der Waals surface area contributed by atoms with Crippen LogP contribution in [0.15, 0.2) is 36.4 Å². The van der Waals surface area contributed by atoms with Crippen molar-refractivity contribution in [2.75, 3.05) is 6.61 Å². The summed E-state index contributed by atoms with van der Waals surface area (Å²) in [5.74, 6) is 1.000. The normalized spacial score (nSPS) is 10.8. The summed E-state index contributed by atoms with van der Waals surface area (Å²) < 4.78 is 5.79. The van der Waals surface area contributed by atoms with Crippen molar-refractivity contribution in [3.8, 4) is 5.75 Å². The Bertz CT molecular complexity index is 502. The molecule has 0 amide bonds. The second-order valence-corrected chi connectivity index (χ2v) is 4.75. The van der Waals surface area contributed by atoms with Crippen LogP contribution in [0.3, 0.4) is 0 Å². The fourth-order valence-corrected chi connectivity index (χ4v) is 2.23. The maximum absolute atomic E-state index is 5.79. The highest BCUT2D eigenvalue weighted by molar-refractivity contribution is 5.87. The van der Waals surface area contributed by atoms with Crippen LogP contribution in [0.5, 0.6) is 5.75 Å². The molecule has 0 aliphatic carbocycles. The second-order valence-electron chi connectivity index (χ2n) is 4.75. The van der Waals surface area contributed by atoms with Gasteiger partial charge in [0.1, 0.15) is 5.75 Å². The van der Waals surface area contributed by atoms with Crippen LogP contribution in [0.25, 0.3) is 10.8 Å². The Morgan fingerprint density at radius 1 is 1.00 bits per heavy atom. The molecular weight excluding hydrogens is 220 g/mol. The smallest absolute Gasteiger partial charge is 0.119 e. The van der Waals surface area contributed by atoms with E-state index in [2.05, 4.69) is 50.2 Å². The van der Waals surface area contributed by atoms with Crippen LogP contribution < -0.4 is 4.74 Å². The molecule has 0 fully saturated rings. The van der Waals surface area contributed by atoms with Gasteiger partial charge in [0.25, 0.3) is 0 Å². The molecular formula is C17H22O. The summed E-state index contributed by atoms with van der Waals surface area (Å²) >= 11 is 0. The monoisotopic (exact) mass is 242 g/mol. The molecule has 0 aliphatic rings. The van der Waals surface area contributed by atoms with E-state index < -0.39 is 0 Å². The molecule has 0 saturated heterocycles. The molecule has 0 saturated carbocycles. The molecule has 2 aromatic carbocycles. The predicted octanol–water partition coefficient (Wildman–Crippen LogP) is 4.97. The number of benzene rings is 2. The molecule has 0 radical (unpaired) electrons. The van der Waals surface area contributed by atoms with E-state index in [1.54, 1.807) is 0 Å². The zero-order chi connectivity index (χ0) is 12.8. The van der Waals surface area contributed by atoms with Crippen LogP contribution in [0.1, 0.15) is 38.7 Å². The van der Waals surface area contributed by atoms with E-state index >= 15 is 0 Å². The predicted molar refractivity (Wildman–Crippen MR) is 78.3 cm³/mol. The van der Waals surface area contributed by atoms with E-state index in [0.29, 0.717) is 0 Å². The minimum atomic E-state index is 0.817. The number of hydrogen-bond acceptors (Lipinski definition) is 1. The Balaban J connectivity index is 2.27. The van der Waals surface area contributed by atoms with Crippen LogP contribution in [0, 0.1) is 0 Å². The van der Waals surface area contributed by atoms with Crippen LogP contribution in [-0.2, 0) is 6.42 Å². The lowest BCUT2D eigenvalue weighted by Crippen LogP contribution is -1.96. The average molecular weight is 242 g/mol. The fourth-order valence-electron chi connectivity index (χ4n) is 2.23. The molecule has 0 spiro atoms. The van der Waals surface area contributed by atoms with Gasteiger partial charge in [0, 0.05) is 0 Å². The molecule has 18 heavy (non-hydrogen) atoms. The van der Waals surface area contributed by atoms with E-state index in [4.69, 9.17) is 4.74 Å². The highest BCUT2D eigenvalue weighted by Crippen LogP contribution is 2.25. The standard InChI is InChI=1S/C17H22O/c1-3-5-12-18-16-11-10-15-9-6-8-14(7-4-2)17(15)13-16/h6,8-11,13H,3-5,7,12H2,1-2H3. The third-order valence-corrected chi connectivity index (χ3v) is 3.23. The van der Waals surface area contributed by atoms with Gasteiger partial charge in [-0.05, 0) is 41.3 Å². The van der Waals surface area contributed by atoms with Gasteiger partial charge in [-0.2, -0.15) is 0 Å². The number of ether oxygens (including phenoxy) is 1. The molecule has 1 heteroatoms. The zero-order valence-electron chi connectivity index (χ0n) is 11.4. The molecule has 2 rings (SSSR count). The Morgan fingerprint density at radius 2 is 1.89 bits per heavy atom. The van der Waals surface area contributed by atoms with Gasteiger partial charge in [-0.25, -0.2) is 0 Å². The quantitative estimate of drug-likeness (QED) is 0.650. The first-order chi connectivity index (χ1) is 8.85. The van der Waals surface area contributed by atoms with Crippen molar-refractivity contribution in [1.82, 2.24) is 0 Å². The Kier molecular flexibility index (Phi) is 4.63. The third kappa shape index (κ3) is 3.04. The molecule has 2 aromatic rings. The van der Waals surface area contributed by atoms with Gasteiger partial charge < -0.3 is 4.74 Å². The minimum Gasteiger partial charge on any atom is -0.494 e. The van der Waals surface area contributed by atoms with Crippen LogP contribution in [-0.4, -0.2) is 6.61 Å². The molecule has 0 bridgehead atoms. The van der Waals surface area contributed by atoms with Crippen molar-refractivity contribution < 1.29 is 4.74 Å². The maximum atomic E-state index is 5.79. The molecule has 1 nitrogen and oxygen atoms in total. The summed E-state index contributed by atoms with van der Waals surface area (Å²) in [7, 11) is 0. The van der Waals surface area contributed by atoms with Crippen LogP contribution >= 0.6 is 0 Å². The number of unbranched alkanes of at least 4 members (excludes halogenated alkanes) is 1. The lowest BCUT2D eigenvalue weighted by atomic mass is 10.0. The number of hydrogen-bond donors (Lipinski definition) is 0. The SMILES string of the molecule is CCCCOc1ccc2cccc(CCC)c2c1. The summed E-state index contributed by atoms with van der Waals surface area (Å²) in [6.07, 6.45) is 4.61. The van der Waals surface area contributed by atoms with Crippen LogP contribution in [0.2, 0.25) is 0 Å². The number of aryl methyl sites for hydroxylation is 1. The number of fused-ring (bicyclic) bond motifs is 1. The van der Waals surface area contributed by atoms with E-state index in [1.807, 2.05) is 0 Å². The van der Waals surface area contributed by atoms with Gasteiger partial charge in [-0.3, -0.25) is 0 Å². The Labute approximate surface area is 110 Å². The number of rotatable bonds is 6. The molecule has 0 N–H and O–H groups in total. The summed E-state index contributed by atoms with van der Waals surface area (Å²) in [5, 5.41) is 2.65. The van der Waals surface area contributed by atoms with E-state index in [9.17, 15) is 0 Å². The summed E-state index contributed by atoms with van der Waals surface area (Å²) in [6.45, 7) is 5.22. The molecule has 96 valence electrons. The topological polar surface area (TPSA) is 9.23 Å². The summed E-state index contributed by atoms with van der Waals surface area (Å²) in [6, 6.07) is 13.0. The Morgan fingerprint density at radius 3 is 2.67 bits per heavy atom. The summed E-state index contributed by atoms with van der Waals surface area (Å²) in [4.78, 5) is 0. The fraction of sp³-hybridized carbons (Fsp3) is 0.412. The zero-order valence-corrected chi connectivity index (χ0v) is 11.4. The molecule has 0 aliphatic heterocycles. The minimum absolute atomic E-state index is 0.817. The van der Waals surface area contributed by atoms with Crippen molar-refractivity contribution in [3.05, 3.63) is 42.0 Å². The molecule has 0 aromatic heterocycles. The van der Waals surface area contributed by atoms with E-state index in [0.717, 1.165) is 25.2 Å². The molecule has 0 atom stereocenters. The first-order valence-electron chi connectivity index (χ1n) is 6.99. The van der Waals surface area contributed by atoms with E-state index in [1.165, 1.54) is 29.2 Å². The molecule has 0 unspecified atom stereocenters. The van der Waals surface area contributed by atoms with Crippen molar-refractivity contribution in [2.24, 2.45) is 0 Å². The van der Waals surface area contributed by atoms with Gasteiger partial charge in [-0.1, -0.05) is 51.0 Å². The van der Waals surface area contributed by atoms with Gasteiger partial charge in [-0.15, -0.1) is 0 Å². The Hall–Kier alpha value is -1.50. The highest BCUT2D eigenvalue weighted by atomic mass is 16.5. The first-order valence-corrected chi connectivity index (χ1v) is 6.99. The maximum Gasteiger partial charge on any atom is 0.119 e. The van der Waals surface area contributed by atoms with Gasteiger partial charge >= 0.3 is 0 Å². The van der Waals surface area contributed by atoms with Gasteiger partial charge in [0.15, 0.2) is 0 Å². The van der Waals surface area contributed by atoms with Gasteiger partial charge in [0.2, 0.25) is 0 Å².